The zero-order valence-corrected chi connectivity index (χ0v) is 17.4. The molecule has 9 heteroatoms. The summed E-state index contributed by atoms with van der Waals surface area (Å²) in [4.78, 5) is 15.8. The van der Waals surface area contributed by atoms with Crippen molar-refractivity contribution in [1.29, 1.82) is 0 Å². The molecule has 0 spiro atoms. The van der Waals surface area contributed by atoms with Crippen LogP contribution in [0.5, 0.6) is 0 Å². The van der Waals surface area contributed by atoms with Gasteiger partial charge < -0.3 is 10.1 Å². The molecule has 0 bridgehead atoms. The molecule has 2 fully saturated rings. The number of nitrogens with zero attached hydrogens (tertiary/aromatic N) is 7. The van der Waals surface area contributed by atoms with Crippen molar-refractivity contribution >= 4 is 17.2 Å². The van der Waals surface area contributed by atoms with Gasteiger partial charge in [0.1, 0.15) is 0 Å². The van der Waals surface area contributed by atoms with Gasteiger partial charge in [-0.05, 0) is 31.7 Å². The molecule has 0 amide bonds. The molecule has 0 atom stereocenters. The van der Waals surface area contributed by atoms with Crippen molar-refractivity contribution in [3.63, 3.8) is 0 Å². The van der Waals surface area contributed by atoms with Crippen LogP contribution < -0.4 is 5.32 Å². The number of ether oxygens (including phenoxy) is 1. The van der Waals surface area contributed by atoms with Crippen molar-refractivity contribution in [3.05, 3.63) is 43.2 Å². The third kappa shape index (κ3) is 3.64. The van der Waals surface area contributed by atoms with Gasteiger partial charge in [-0.2, -0.15) is 0 Å². The number of hydrogen-bond acceptors (Lipinski definition) is 7. The summed E-state index contributed by atoms with van der Waals surface area (Å²) >= 11 is 0. The average Bonchev–Trinajstić information content (AvgIpc) is 3.46. The van der Waals surface area contributed by atoms with Crippen LogP contribution in [0, 0.1) is 0 Å². The highest BCUT2D eigenvalue weighted by Gasteiger charge is 2.27. The van der Waals surface area contributed by atoms with Crippen LogP contribution in [-0.4, -0.2) is 72.3 Å². The fourth-order valence-electron chi connectivity index (χ4n) is 4.88. The number of hydrogen-bond donors (Lipinski definition) is 1. The number of aromatic nitrogens is 6. The number of rotatable bonds is 4. The Hall–Kier alpha value is -3.04. The zero-order valence-electron chi connectivity index (χ0n) is 17.4. The van der Waals surface area contributed by atoms with Crippen LogP contribution in [0.3, 0.4) is 0 Å². The molecule has 1 aliphatic heterocycles. The zero-order chi connectivity index (χ0) is 20.6. The average molecular weight is 419 g/mol. The summed E-state index contributed by atoms with van der Waals surface area (Å²) in [6, 6.07) is 3.18. The Morgan fingerprint density at radius 2 is 1.84 bits per heavy atom. The molecule has 1 aliphatic carbocycles. The van der Waals surface area contributed by atoms with Gasteiger partial charge in [-0.3, -0.25) is 9.30 Å². The Kier molecular flexibility index (Phi) is 4.77. The number of nitrogens with one attached hydrogen (secondary N) is 1. The van der Waals surface area contributed by atoms with Crippen LogP contribution in [0.15, 0.2) is 43.2 Å². The molecule has 4 aromatic heterocycles. The van der Waals surface area contributed by atoms with Gasteiger partial charge in [-0.1, -0.05) is 0 Å². The van der Waals surface area contributed by atoms with Crippen molar-refractivity contribution in [1.82, 2.24) is 33.9 Å². The first-order valence-corrected chi connectivity index (χ1v) is 11.1. The molecule has 4 aromatic rings. The minimum Gasteiger partial charge on any atom is -0.379 e. The summed E-state index contributed by atoms with van der Waals surface area (Å²) in [5.41, 5.74) is 3.03. The van der Waals surface area contributed by atoms with Crippen LogP contribution in [0.1, 0.15) is 25.7 Å². The molecule has 0 unspecified atom stereocenters. The summed E-state index contributed by atoms with van der Waals surface area (Å²) in [5.74, 6) is 1.38. The van der Waals surface area contributed by atoms with Gasteiger partial charge in [0.2, 0.25) is 11.7 Å². The lowest BCUT2D eigenvalue weighted by Crippen LogP contribution is -2.46. The van der Waals surface area contributed by atoms with E-state index in [1.165, 1.54) is 12.8 Å². The van der Waals surface area contributed by atoms with E-state index in [-0.39, 0.29) is 0 Å². The van der Waals surface area contributed by atoms with Crippen molar-refractivity contribution in [3.8, 4) is 11.1 Å². The maximum atomic E-state index is 5.49. The fraction of sp³-hybridized carbons (Fsp3) is 0.455. The number of fused-ring (bicyclic) bond motifs is 2. The first-order chi connectivity index (χ1) is 15.3. The summed E-state index contributed by atoms with van der Waals surface area (Å²) in [6.07, 6.45) is 16.1. The summed E-state index contributed by atoms with van der Waals surface area (Å²) in [6.45, 7) is 3.89. The summed E-state index contributed by atoms with van der Waals surface area (Å²) < 4.78 is 9.30. The van der Waals surface area contributed by atoms with E-state index in [0.29, 0.717) is 23.8 Å². The minimum absolute atomic E-state index is 0.428. The summed E-state index contributed by atoms with van der Waals surface area (Å²) in [5, 5.41) is 8.26. The molecule has 160 valence electrons. The van der Waals surface area contributed by atoms with Crippen LogP contribution in [-0.2, 0) is 4.74 Å². The first kappa shape index (κ1) is 18.7. The largest absolute Gasteiger partial charge is 0.379 e. The van der Waals surface area contributed by atoms with Gasteiger partial charge in [0, 0.05) is 67.3 Å². The molecule has 1 saturated heterocycles. The topological polar surface area (TPSA) is 84.9 Å². The molecule has 0 radical (unpaired) electrons. The smallest absolute Gasteiger partial charge is 0.241 e. The summed E-state index contributed by atoms with van der Waals surface area (Å²) in [7, 11) is 0. The maximum absolute atomic E-state index is 5.49. The third-order valence-corrected chi connectivity index (χ3v) is 6.57. The normalized spacial score (nSPS) is 22.8. The Morgan fingerprint density at radius 1 is 0.968 bits per heavy atom. The number of anilines is 1. The van der Waals surface area contributed by atoms with Crippen LogP contribution >= 0.6 is 0 Å². The van der Waals surface area contributed by atoms with E-state index in [1.807, 2.05) is 39.9 Å². The number of imidazole rings is 1. The predicted molar refractivity (Wildman–Crippen MR) is 117 cm³/mol. The fourth-order valence-corrected chi connectivity index (χ4v) is 4.88. The Bertz CT molecular complexity index is 1190. The molecule has 1 N–H and O–H groups in total. The van der Waals surface area contributed by atoms with Crippen LogP contribution in [0.25, 0.3) is 22.4 Å². The van der Waals surface area contributed by atoms with Gasteiger partial charge >= 0.3 is 0 Å². The second-order valence-electron chi connectivity index (χ2n) is 8.42. The van der Waals surface area contributed by atoms with Gasteiger partial charge in [-0.15, -0.1) is 5.10 Å². The molecule has 9 nitrogen and oxygen atoms in total. The monoisotopic (exact) mass is 418 g/mol. The standard InChI is InChI=1S/C22H26N8O/c1-3-18(28-9-11-31-12-10-28)4-2-17(1)26-21-24-14-20-19(5-7-30(20)27-21)16-13-25-22-23-6-8-29(22)15-16/h5-8,13-15,17-18H,1-4,9-12H2,(H,26,27)/t17-,18-. The van der Waals surface area contributed by atoms with Crippen molar-refractivity contribution < 1.29 is 4.74 Å². The Balaban J connectivity index is 1.15. The Morgan fingerprint density at radius 3 is 2.71 bits per heavy atom. The predicted octanol–water partition coefficient (Wildman–Crippen LogP) is 2.49. The molecule has 6 rings (SSSR count). The highest BCUT2D eigenvalue weighted by Crippen LogP contribution is 2.27. The van der Waals surface area contributed by atoms with E-state index < -0.39 is 0 Å². The number of morpholine rings is 1. The molecule has 5 heterocycles. The quantitative estimate of drug-likeness (QED) is 0.545. The Labute approximate surface area is 180 Å². The molecule has 31 heavy (non-hydrogen) atoms. The van der Waals surface area contributed by atoms with Crippen molar-refractivity contribution in [2.24, 2.45) is 0 Å². The van der Waals surface area contributed by atoms with Crippen LogP contribution in [0.2, 0.25) is 0 Å². The second kappa shape index (κ2) is 7.90. The minimum atomic E-state index is 0.428. The van der Waals surface area contributed by atoms with Gasteiger partial charge in [-0.25, -0.2) is 19.5 Å². The van der Waals surface area contributed by atoms with Gasteiger partial charge in [0.15, 0.2) is 0 Å². The molecule has 1 saturated carbocycles. The van der Waals surface area contributed by atoms with Gasteiger partial charge in [0.25, 0.3) is 0 Å². The molecular formula is C22H26N8O. The third-order valence-electron chi connectivity index (χ3n) is 6.57. The van der Waals surface area contributed by atoms with E-state index in [1.54, 1.807) is 6.20 Å². The van der Waals surface area contributed by atoms with E-state index in [0.717, 1.165) is 55.8 Å². The molecular weight excluding hydrogens is 392 g/mol. The lowest BCUT2D eigenvalue weighted by molar-refractivity contribution is 0.00790. The molecule has 0 aromatic carbocycles. The van der Waals surface area contributed by atoms with Crippen LogP contribution in [0.4, 0.5) is 5.95 Å². The van der Waals surface area contributed by atoms with E-state index in [9.17, 15) is 0 Å². The highest BCUT2D eigenvalue weighted by molar-refractivity contribution is 5.79. The second-order valence-corrected chi connectivity index (χ2v) is 8.42. The lowest BCUT2D eigenvalue weighted by atomic mass is 9.90. The SMILES string of the molecule is c1cn2cc(-c3ccn4nc(N[C@H]5CC[C@H](N6CCOCC6)CC5)ncc34)cnc2n1. The van der Waals surface area contributed by atoms with Crippen molar-refractivity contribution in [2.45, 2.75) is 37.8 Å². The highest BCUT2D eigenvalue weighted by atomic mass is 16.5. The van der Waals surface area contributed by atoms with E-state index in [4.69, 9.17) is 9.84 Å². The maximum Gasteiger partial charge on any atom is 0.241 e. The van der Waals surface area contributed by atoms with E-state index >= 15 is 0 Å². The lowest BCUT2D eigenvalue weighted by Gasteiger charge is -2.38. The first-order valence-electron chi connectivity index (χ1n) is 11.1. The van der Waals surface area contributed by atoms with E-state index in [2.05, 4.69) is 31.2 Å². The molecule has 2 aliphatic rings. The van der Waals surface area contributed by atoms with Crippen molar-refractivity contribution in [2.75, 3.05) is 31.6 Å². The van der Waals surface area contributed by atoms with Gasteiger partial charge in [0.05, 0.1) is 24.9 Å².